The summed E-state index contributed by atoms with van der Waals surface area (Å²) in [6.07, 6.45) is 1.76. The molecule has 0 spiro atoms. The van der Waals surface area contributed by atoms with E-state index < -0.39 is 0 Å². The Labute approximate surface area is 174 Å². The molecule has 29 heavy (non-hydrogen) atoms. The molecule has 2 heterocycles. The van der Waals surface area contributed by atoms with Crippen LogP contribution in [0.5, 0.6) is 0 Å². The fourth-order valence-electron chi connectivity index (χ4n) is 3.85. The van der Waals surface area contributed by atoms with Crippen LogP contribution in [0.1, 0.15) is 36.1 Å². The molecule has 2 N–H and O–H groups in total. The standard InChI is InChI=1S/C24H22N4S/c1-3-9-17(10-4-1)21-15-19(16-22(25-21)18-11-5-2-6-12-18)27-28-24-26-20-13-7-8-14-23(20)29-24/h1-14,21-22,25H,15-16H2,(H,26,28). The first-order valence-electron chi connectivity index (χ1n) is 9.88. The molecule has 3 aromatic carbocycles. The van der Waals surface area contributed by atoms with Crippen molar-refractivity contribution < 1.29 is 0 Å². The predicted octanol–water partition coefficient (Wildman–Crippen LogP) is 5.93. The topological polar surface area (TPSA) is 49.3 Å². The number of fused-ring (bicyclic) bond motifs is 1. The lowest BCUT2D eigenvalue weighted by atomic mass is 9.89. The summed E-state index contributed by atoms with van der Waals surface area (Å²) in [5.74, 6) is 0. The zero-order valence-electron chi connectivity index (χ0n) is 16.0. The molecule has 0 amide bonds. The van der Waals surface area contributed by atoms with Crippen molar-refractivity contribution in [3.63, 3.8) is 0 Å². The number of para-hydroxylation sites is 1. The van der Waals surface area contributed by atoms with Gasteiger partial charge in [-0.2, -0.15) is 5.10 Å². The van der Waals surface area contributed by atoms with Crippen LogP contribution < -0.4 is 10.7 Å². The molecule has 1 aromatic heterocycles. The minimum absolute atomic E-state index is 0.242. The van der Waals surface area contributed by atoms with E-state index in [1.54, 1.807) is 11.3 Å². The molecular formula is C24H22N4S. The molecule has 1 saturated heterocycles. The van der Waals surface area contributed by atoms with E-state index in [1.807, 2.05) is 18.2 Å². The van der Waals surface area contributed by atoms with Gasteiger partial charge in [-0.3, -0.25) is 5.43 Å². The van der Waals surface area contributed by atoms with Crippen LogP contribution >= 0.6 is 11.3 Å². The van der Waals surface area contributed by atoms with Crippen LogP contribution in [0.3, 0.4) is 0 Å². The number of anilines is 1. The molecule has 1 fully saturated rings. The number of thiazole rings is 1. The number of nitrogens with zero attached hydrogens (tertiary/aromatic N) is 2. The number of piperidine rings is 1. The maximum Gasteiger partial charge on any atom is 0.204 e. The first kappa shape index (κ1) is 18.0. The van der Waals surface area contributed by atoms with Gasteiger partial charge in [0.2, 0.25) is 5.13 Å². The fraction of sp³-hybridized carbons (Fsp3) is 0.167. The Bertz CT molecular complexity index is 1040. The van der Waals surface area contributed by atoms with E-state index in [0.717, 1.165) is 29.2 Å². The largest absolute Gasteiger partial charge is 0.302 e. The average molecular weight is 399 g/mol. The van der Waals surface area contributed by atoms with E-state index in [9.17, 15) is 0 Å². The number of hydrogen-bond acceptors (Lipinski definition) is 5. The number of rotatable bonds is 4. The Hall–Kier alpha value is -3.02. The Morgan fingerprint density at radius 2 is 1.38 bits per heavy atom. The van der Waals surface area contributed by atoms with Gasteiger partial charge in [0.15, 0.2) is 0 Å². The summed E-state index contributed by atoms with van der Waals surface area (Å²) in [6.45, 7) is 0. The minimum Gasteiger partial charge on any atom is -0.302 e. The van der Waals surface area contributed by atoms with Gasteiger partial charge in [0.1, 0.15) is 0 Å². The van der Waals surface area contributed by atoms with E-state index in [1.165, 1.54) is 15.8 Å². The first-order valence-corrected chi connectivity index (χ1v) is 10.7. The molecule has 4 nitrogen and oxygen atoms in total. The molecule has 2 atom stereocenters. The summed E-state index contributed by atoms with van der Waals surface area (Å²) < 4.78 is 1.17. The van der Waals surface area contributed by atoms with Crippen molar-refractivity contribution in [3.05, 3.63) is 96.1 Å². The van der Waals surface area contributed by atoms with Gasteiger partial charge in [-0.05, 0) is 23.3 Å². The van der Waals surface area contributed by atoms with Crippen molar-refractivity contribution in [2.75, 3.05) is 5.43 Å². The summed E-state index contributed by atoms with van der Waals surface area (Å²) in [4.78, 5) is 4.64. The maximum absolute atomic E-state index is 4.77. The molecule has 4 aromatic rings. The van der Waals surface area contributed by atoms with Gasteiger partial charge < -0.3 is 5.32 Å². The smallest absolute Gasteiger partial charge is 0.204 e. The van der Waals surface area contributed by atoms with Crippen molar-refractivity contribution in [1.29, 1.82) is 0 Å². The summed E-state index contributed by atoms with van der Waals surface area (Å²) in [5, 5.41) is 9.43. The molecule has 5 rings (SSSR count). The fourth-order valence-corrected chi connectivity index (χ4v) is 4.66. The third kappa shape index (κ3) is 4.06. The van der Waals surface area contributed by atoms with Gasteiger partial charge in [0.25, 0.3) is 0 Å². The third-order valence-electron chi connectivity index (χ3n) is 5.29. The number of nitrogens with one attached hydrogen (secondary N) is 2. The molecule has 0 radical (unpaired) electrons. The number of benzene rings is 3. The van der Waals surface area contributed by atoms with Crippen LogP contribution in [-0.2, 0) is 0 Å². The SMILES string of the molecule is c1ccc(C2CC(=NNc3nc4ccccc4s3)CC(c3ccccc3)N2)cc1. The van der Waals surface area contributed by atoms with Crippen molar-refractivity contribution in [2.45, 2.75) is 24.9 Å². The highest BCUT2D eigenvalue weighted by atomic mass is 32.1. The van der Waals surface area contributed by atoms with Crippen molar-refractivity contribution >= 4 is 32.4 Å². The van der Waals surface area contributed by atoms with Crippen LogP contribution in [0, 0.1) is 0 Å². The highest BCUT2D eigenvalue weighted by Crippen LogP contribution is 2.32. The Balaban J connectivity index is 1.41. The number of aromatic nitrogens is 1. The van der Waals surface area contributed by atoms with Gasteiger partial charge in [0, 0.05) is 30.6 Å². The molecule has 0 aliphatic carbocycles. The van der Waals surface area contributed by atoms with E-state index in [2.05, 4.69) is 82.5 Å². The quantitative estimate of drug-likeness (QED) is 0.419. The van der Waals surface area contributed by atoms with Gasteiger partial charge in [-0.25, -0.2) is 4.98 Å². The lowest BCUT2D eigenvalue weighted by Gasteiger charge is -2.32. The Kier molecular flexibility index (Phi) is 5.07. The lowest BCUT2D eigenvalue weighted by molar-refractivity contribution is 0.428. The van der Waals surface area contributed by atoms with E-state index in [0.29, 0.717) is 0 Å². The number of hydrazone groups is 1. The second kappa shape index (κ2) is 8.15. The normalized spacial score (nSPS) is 19.2. The summed E-state index contributed by atoms with van der Waals surface area (Å²) in [5.41, 5.74) is 7.97. The molecule has 144 valence electrons. The molecule has 2 unspecified atom stereocenters. The maximum atomic E-state index is 4.77. The molecular weight excluding hydrogens is 376 g/mol. The summed E-state index contributed by atoms with van der Waals surface area (Å²) >= 11 is 1.64. The van der Waals surface area contributed by atoms with E-state index in [-0.39, 0.29) is 12.1 Å². The molecule has 1 aliphatic heterocycles. The van der Waals surface area contributed by atoms with Gasteiger partial charge in [-0.1, -0.05) is 84.1 Å². The van der Waals surface area contributed by atoms with Crippen molar-refractivity contribution in [1.82, 2.24) is 10.3 Å². The van der Waals surface area contributed by atoms with Gasteiger partial charge in [0.05, 0.1) is 10.2 Å². The number of hydrogen-bond donors (Lipinski definition) is 2. The molecule has 0 saturated carbocycles. The monoisotopic (exact) mass is 398 g/mol. The van der Waals surface area contributed by atoms with Crippen LogP contribution in [0.15, 0.2) is 90.0 Å². The van der Waals surface area contributed by atoms with E-state index >= 15 is 0 Å². The second-order valence-electron chi connectivity index (χ2n) is 7.28. The van der Waals surface area contributed by atoms with Crippen LogP contribution in [0.4, 0.5) is 5.13 Å². The molecule has 0 bridgehead atoms. The zero-order chi connectivity index (χ0) is 19.5. The van der Waals surface area contributed by atoms with E-state index in [4.69, 9.17) is 5.10 Å². The minimum atomic E-state index is 0.242. The average Bonchev–Trinajstić information content (AvgIpc) is 3.22. The first-order chi connectivity index (χ1) is 14.3. The van der Waals surface area contributed by atoms with Crippen LogP contribution in [0.2, 0.25) is 0 Å². The second-order valence-corrected chi connectivity index (χ2v) is 8.31. The van der Waals surface area contributed by atoms with Gasteiger partial charge >= 0.3 is 0 Å². The third-order valence-corrected chi connectivity index (χ3v) is 6.23. The predicted molar refractivity (Wildman–Crippen MR) is 121 cm³/mol. The van der Waals surface area contributed by atoms with Crippen LogP contribution in [0.25, 0.3) is 10.2 Å². The Morgan fingerprint density at radius 1 is 0.793 bits per heavy atom. The summed E-state index contributed by atoms with van der Waals surface area (Å²) in [7, 11) is 0. The van der Waals surface area contributed by atoms with Gasteiger partial charge in [-0.15, -0.1) is 0 Å². The lowest BCUT2D eigenvalue weighted by Crippen LogP contribution is -2.35. The zero-order valence-corrected chi connectivity index (χ0v) is 16.8. The Morgan fingerprint density at radius 3 is 2.00 bits per heavy atom. The van der Waals surface area contributed by atoms with Crippen LogP contribution in [-0.4, -0.2) is 10.7 Å². The molecule has 1 aliphatic rings. The molecule has 5 heteroatoms. The van der Waals surface area contributed by atoms with Crippen molar-refractivity contribution in [3.8, 4) is 0 Å². The van der Waals surface area contributed by atoms with Crippen molar-refractivity contribution in [2.24, 2.45) is 5.10 Å². The highest BCUT2D eigenvalue weighted by molar-refractivity contribution is 7.22. The highest BCUT2D eigenvalue weighted by Gasteiger charge is 2.27. The summed E-state index contributed by atoms with van der Waals surface area (Å²) in [6, 6.07) is 29.9.